The zero-order valence-corrected chi connectivity index (χ0v) is 13.0. The number of carbonyl (C=O) groups is 2. The average Bonchev–Trinajstić information content (AvgIpc) is 2.75. The second-order valence-electron chi connectivity index (χ2n) is 5.21. The molecule has 1 atom stereocenters. The van der Waals surface area contributed by atoms with E-state index in [1.165, 1.54) is 4.90 Å². The summed E-state index contributed by atoms with van der Waals surface area (Å²) in [5.41, 5.74) is 6.18. The molecule has 1 aromatic rings. The minimum absolute atomic E-state index is 0.0890. The van der Waals surface area contributed by atoms with E-state index < -0.39 is 5.97 Å². The third kappa shape index (κ3) is 3.55. The van der Waals surface area contributed by atoms with Crippen LogP contribution in [0.4, 0.5) is 5.00 Å². The number of nitrogens with zero attached hydrogens (tertiary/aromatic N) is 2. The summed E-state index contributed by atoms with van der Waals surface area (Å²) in [5, 5.41) is 9.57. The molecule has 7 heteroatoms. The van der Waals surface area contributed by atoms with Crippen molar-refractivity contribution in [1.29, 1.82) is 0 Å². The summed E-state index contributed by atoms with van der Waals surface area (Å²) < 4.78 is 4.02. The number of nitrogens with two attached hydrogens (primary N) is 1. The number of aryl methyl sites for hydroxylation is 1. The van der Waals surface area contributed by atoms with Crippen LogP contribution >= 0.6 is 11.5 Å². The number of carboxylic acid groups (broad SMARTS) is 1. The Morgan fingerprint density at radius 2 is 2.05 bits per heavy atom. The van der Waals surface area contributed by atoms with Crippen LogP contribution in [0.15, 0.2) is 0 Å². The fourth-order valence-corrected chi connectivity index (χ4v) is 2.93. The summed E-state index contributed by atoms with van der Waals surface area (Å²) >= 11 is 1.02. The van der Waals surface area contributed by atoms with Crippen LogP contribution in [-0.2, 0) is 4.79 Å². The van der Waals surface area contributed by atoms with E-state index in [9.17, 15) is 14.7 Å². The van der Waals surface area contributed by atoms with Crippen molar-refractivity contribution in [2.45, 2.75) is 27.2 Å². The van der Waals surface area contributed by atoms with Gasteiger partial charge in [0.15, 0.2) is 0 Å². The van der Waals surface area contributed by atoms with Gasteiger partial charge in [0.2, 0.25) is 5.91 Å². The molecule has 0 aliphatic carbocycles. The summed E-state index contributed by atoms with van der Waals surface area (Å²) in [6, 6.07) is 0. The maximum absolute atomic E-state index is 12.4. The highest BCUT2D eigenvalue weighted by Crippen LogP contribution is 2.29. The van der Waals surface area contributed by atoms with Crippen molar-refractivity contribution in [3.05, 3.63) is 11.3 Å². The van der Waals surface area contributed by atoms with E-state index in [2.05, 4.69) is 4.37 Å². The Kier molecular flexibility index (Phi) is 5.64. The molecule has 0 aliphatic rings. The van der Waals surface area contributed by atoms with Gasteiger partial charge in [-0.25, -0.2) is 4.79 Å². The first-order chi connectivity index (χ1) is 9.29. The molecule has 1 amide bonds. The Bertz CT molecular complexity index is 499. The largest absolute Gasteiger partial charge is 0.478 e. The number of hydrogen-bond acceptors (Lipinski definition) is 5. The second-order valence-corrected chi connectivity index (χ2v) is 5.96. The summed E-state index contributed by atoms with van der Waals surface area (Å²) in [5.74, 6) is -1.18. The van der Waals surface area contributed by atoms with E-state index >= 15 is 0 Å². The number of aromatic carboxylic acids is 1. The van der Waals surface area contributed by atoms with Crippen molar-refractivity contribution in [3.63, 3.8) is 0 Å². The van der Waals surface area contributed by atoms with Crippen LogP contribution in [0.2, 0.25) is 0 Å². The monoisotopic (exact) mass is 299 g/mol. The maximum Gasteiger partial charge on any atom is 0.340 e. The lowest BCUT2D eigenvalue weighted by molar-refractivity contribution is -0.122. The molecule has 1 unspecified atom stereocenters. The van der Waals surface area contributed by atoms with Crippen LogP contribution in [0, 0.1) is 18.8 Å². The molecule has 6 nitrogen and oxygen atoms in total. The first kappa shape index (κ1) is 16.6. The molecule has 0 bridgehead atoms. The standard InChI is InChI=1S/C13H21N3O3S/c1-7(2)5-9(6-14)11(17)16(4)12-10(13(18)19)8(3)15-20-12/h7,9H,5-6,14H2,1-4H3,(H,18,19). The molecule has 20 heavy (non-hydrogen) atoms. The summed E-state index contributed by atoms with van der Waals surface area (Å²) in [4.78, 5) is 25.0. The van der Waals surface area contributed by atoms with Crippen LogP contribution in [0.5, 0.6) is 0 Å². The lowest BCUT2D eigenvalue weighted by atomic mass is 9.96. The van der Waals surface area contributed by atoms with Gasteiger partial charge in [-0.05, 0) is 30.8 Å². The molecule has 112 valence electrons. The topological polar surface area (TPSA) is 96.5 Å². The lowest BCUT2D eigenvalue weighted by Crippen LogP contribution is -2.37. The summed E-state index contributed by atoms with van der Waals surface area (Å²) in [7, 11) is 1.57. The van der Waals surface area contributed by atoms with Crippen LogP contribution < -0.4 is 10.6 Å². The highest BCUT2D eigenvalue weighted by molar-refractivity contribution is 7.11. The molecule has 0 spiro atoms. The number of rotatable bonds is 6. The molecule has 1 heterocycles. The van der Waals surface area contributed by atoms with E-state index in [1.54, 1.807) is 14.0 Å². The van der Waals surface area contributed by atoms with Gasteiger partial charge < -0.3 is 15.7 Å². The Balaban J connectivity index is 3.02. The van der Waals surface area contributed by atoms with Gasteiger partial charge in [-0.15, -0.1) is 0 Å². The summed E-state index contributed by atoms with van der Waals surface area (Å²) in [6.45, 7) is 5.92. The zero-order chi connectivity index (χ0) is 15.4. The van der Waals surface area contributed by atoms with Gasteiger partial charge in [0.1, 0.15) is 10.6 Å². The van der Waals surface area contributed by atoms with Gasteiger partial charge in [0.25, 0.3) is 0 Å². The average molecular weight is 299 g/mol. The fourth-order valence-electron chi connectivity index (χ4n) is 2.07. The quantitative estimate of drug-likeness (QED) is 0.834. The molecule has 0 radical (unpaired) electrons. The first-order valence-corrected chi connectivity index (χ1v) is 7.24. The number of anilines is 1. The predicted molar refractivity (Wildman–Crippen MR) is 79.2 cm³/mol. The summed E-state index contributed by atoms with van der Waals surface area (Å²) in [6.07, 6.45) is 0.680. The smallest absolute Gasteiger partial charge is 0.340 e. The SMILES string of the molecule is Cc1nsc(N(C)C(=O)C(CN)CC(C)C)c1C(=O)O. The first-order valence-electron chi connectivity index (χ1n) is 6.46. The van der Waals surface area contributed by atoms with Gasteiger partial charge in [0.05, 0.1) is 11.6 Å². The molecule has 0 aliphatic heterocycles. The zero-order valence-electron chi connectivity index (χ0n) is 12.2. The normalized spacial score (nSPS) is 12.5. The van der Waals surface area contributed by atoms with Crippen LogP contribution in [0.25, 0.3) is 0 Å². The molecule has 0 saturated heterocycles. The number of hydrogen-bond donors (Lipinski definition) is 2. The molecule has 1 aromatic heterocycles. The molecule has 3 N–H and O–H groups in total. The van der Waals surface area contributed by atoms with Crippen LogP contribution in [-0.4, -0.2) is 34.9 Å². The van der Waals surface area contributed by atoms with E-state index in [4.69, 9.17) is 5.73 Å². The van der Waals surface area contributed by atoms with Crippen LogP contribution in [0.1, 0.15) is 36.3 Å². The van der Waals surface area contributed by atoms with Crippen molar-refractivity contribution in [3.8, 4) is 0 Å². The van der Waals surface area contributed by atoms with Gasteiger partial charge >= 0.3 is 5.97 Å². The second kappa shape index (κ2) is 6.81. The number of amides is 1. The van der Waals surface area contributed by atoms with E-state index in [-0.39, 0.29) is 23.9 Å². The van der Waals surface area contributed by atoms with Crippen LogP contribution in [0.3, 0.4) is 0 Å². The predicted octanol–water partition coefficient (Wildman–Crippen LogP) is 1.73. The maximum atomic E-state index is 12.4. The molecule has 1 rings (SSSR count). The highest BCUT2D eigenvalue weighted by atomic mass is 32.1. The number of carboxylic acids is 1. The van der Waals surface area contributed by atoms with E-state index in [1.807, 2.05) is 13.8 Å². The molecule has 0 saturated carbocycles. The molecule has 0 fully saturated rings. The van der Waals surface area contributed by atoms with Gasteiger partial charge in [-0.2, -0.15) is 4.37 Å². The van der Waals surface area contributed by atoms with Crippen molar-refractivity contribution in [2.75, 3.05) is 18.5 Å². The Hall–Kier alpha value is -1.47. The lowest BCUT2D eigenvalue weighted by Gasteiger charge is -2.23. The molecular formula is C13H21N3O3S. The highest BCUT2D eigenvalue weighted by Gasteiger charge is 2.28. The van der Waals surface area contributed by atoms with Crippen molar-refractivity contribution in [2.24, 2.45) is 17.6 Å². The third-order valence-corrected chi connectivity index (χ3v) is 4.10. The van der Waals surface area contributed by atoms with Crippen molar-refractivity contribution in [1.82, 2.24) is 4.37 Å². The van der Waals surface area contributed by atoms with E-state index in [0.717, 1.165) is 11.5 Å². The Morgan fingerprint density at radius 1 is 1.45 bits per heavy atom. The van der Waals surface area contributed by atoms with Gasteiger partial charge in [-0.3, -0.25) is 4.79 Å². The number of aromatic nitrogens is 1. The number of carbonyl (C=O) groups excluding carboxylic acids is 1. The Labute approximate surface area is 122 Å². The van der Waals surface area contributed by atoms with Gasteiger partial charge in [0, 0.05) is 13.6 Å². The van der Waals surface area contributed by atoms with Crippen molar-refractivity contribution < 1.29 is 14.7 Å². The Morgan fingerprint density at radius 3 is 2.50 bits per heavy atom. The van der Waals surface area contributed by atoms with Gasteiger partial charge in [-0.1, -0.05) is 13.8 Å². The molecular weight excluding hydrogens is 278 g/mol. The molecule has 0 aromatic carbocycles. The van der Waals surface area contributed by atoms with E-state index in [0.29, 0.717) is 23.0 Å². The third-order valence-electron chi connectivity index (χ3n) is 3.08. The minimum atomic E-state index is -1.07. The van der Waals surface area contributed by atoms with Crippen molar-refractivity contribution >= 4 is 28.4 Å². The fraction of sp³-hybridized carbons (Fsp3) is 0.615. The minimum Gasteiger partial charge on any atom is -0.478 e.